The predicted octanol–water partition coefficient (Wildman–Crippen LogP) is 3.82. The molecule has 0 saturated carbocycles. The van der Waals surface area contributed by atoms with E-state index in [1.807, 2.05) is 0 Å². The van der Waals surface area contributed by atoms with Crippen LogP contribution in [0.2, 0.25) is 0 Å². The van der Waals surface area contributed by atoms with Gasteiger partial charge in [0.1, 0.15) is 0 Å². The Morgan fingerprint density at radius 1 is 1.06 bits per heavy atom. The molecule has 0 radical (unpaired) electrons. The van der Waals surface area contributed by atoms with Crippen LogP contribution in [0, 0.1) is 11.8 Å². The third kappa shape index (κ3) is 2.57. The number of nitrogens with zero attached hydrogens (tertiary/aromatic N) is 1. The topological polar surface area (TPSA) is 26.1 Å². The summed E-state index contributed by atoms with van der Waals surface area (Å²) in [7, 11) is 0. The highest BCUT2D eigenvalue weighted by Crippen LogP contribution is 2.25. The molecule has 0 aliphatic heterocycles. The van der Waals surface area contributed by atoms with Gasteiger partial charge in [0.2, 0.25) is 0 Å². The zero-order valence-corrected chi connectivity index (χ0v) is 9.98. The fraction of sp³-hybridized carbons (Fsp3) is 0.429. The van der Waals surface area contributed by atoms with Crippen LogP contribution in [0.25, 0.3) is 5.43 Å². The van der Waals surface area contributed by atoms with Crippen molar-refractivity contribution >= 4 is 0 Å². The predicted molar refractivity (Wildman–Crippen MR) is 68.5 cm³/mol. The van der Waals surface area contributed by atoms with Gasteiger partial charge in [0.25, 0.3) is 0 Å². The Morgan fingerprint density at radius 2 is 1.75 bits per heavy atom. The van der Waals surface area contributed by atoms with Crippen LogP contribution >= 0.6 is 0 Å². The minimum Gasteiger partial charge on any atom is -0.601 e. The Balaban J connectivity index is 1.92. The highest BCUT2D eigenvalue weighted by atomic mass is 15.4. The molecule has 0 amide bonds. The number of nitrogens with one attached hydrogen (secondary N) is 1. The van der Waals surface area contributed by atoms with Crippen molar-refractivity contribution in [2.24, 2.45) is 11.8 Å². The summed E-state index contributed by atoms with van der Waals surface area (Å²) < 4.78 is 0. The summed E-state index contributed by atoms with van der Waals surface area (Å²) >= 11 is 0. The van der Waals surface area contributed by atoms with Crippen molar-refractivity contribution in [2.75, 3.05) is 0 Å². The van der Waals surface area contributed by atoms with Crippen molar-refractivity contribution in [1.29, 1.82) is 0 Å². The molecule has 1 N–H and O–H groups in total. The first-order valence-electron chi connectivity index (χ1n) is 5.97. The smallest absolute Gasteiger partial charge is 0.000510 e. The van der Waals surface area contributed by atoms with Crippen LogP contribution in [0.4, 0.5) is 0 Å². The highest BCUT2D eigenvalue weighted by Gasteiger charge is 2.07. The molecule has 0 bridgehead atoms. The lowest BCUT2D eigenvalue weighted by atomic mass is 9.98. The minimum absolute atomic E-state index is 0.521. The average Bonchev–Trinajstić information content (AvgIpc) is 2.30. The molecule has 2 aliphatic carbocycles. The maximum absolute atomic E-state index is 4.50. The van der Waals surface area contributed by atoms with E-state index in [-0.39, 0.29) is 0 Å². The quantitative estimate of drug-likeness (QED) is 0.711. The van der Waals surface area contributed by atoms with Crippen LogP contribution in [0.3, 0.4) is 0 Å². The third-order valence-corrected chi connectivity index (χ3v) is 3.14. The van der Waals surface area contributed by atoms with E-state index in [4.69, 9.17) is 0 Å². The van der Waals surface area contributed by atoms with E-state index >= 15 is 0 Å². The molecule has 2 aliphatic rings. The molecule has 86 valence electrons. The highest BCUT2D eigenvalue weighted by molar-refractivity contribution is 5.30. The molecule has 0 aromatic carbocycles. The van der Waals surface area contributed by atoms with Crippen LogP contribution < -0.4 is 5.43 Å². The fourth-order valence-corrected chi connectivity index (χ4v) is 1.90. The third-order valence-electron chi connectivity index (χ3n) is 3.14. The second-order valence-electron chi connectivity index (χ2n) is 4.57. The van der Waals surface area contributed by atoms with Gasteiger partial charge in [-0.05, 0) is 30.8 Å². The van der Waals surface area contributed by atoms with Crippen LogP contribution in [-0.4, -0.2) is 0 Å². The van der Waals surface area contributed by atoms with E-state index in [9.17, 15) is 0 Å². The minimum atomic E-state index is 0.521. The lowest BCUT2D eigenvalue weighted by Gasteiger charge is -2.36. The second-order valence-corrected chi connectivity index (χ2v) is 4.57. The summed E-state index contributed by atoms with van der Waals surface area (Å²) in [6.07, 6.45) is 15.0. The standard InChI is InChI=1S/C14H19N2/c1-11-7-3-5-9-13(11)15-16-14-10-6-4-8-12(14)2/h3-6,9-12,15H,7-8H2,1-2H3/q-1. The Kier molecular flexibility index (Phi) is 3.50. The fourth-order valence-electron chi connectivity index (χ4n) is 1.90. The van der Waals surface area contributed by atoms with Crippen LogP contribution in [0.1, 0.15) is 26.7 Å². The molecule has 2 rings (SSSR count). The molecule has 0 aromatic heterocycles. The maximum Gasteiger partial charge on any atom is 0.000510 e. The molecule has 16 heavy (non-hydrogen) atoms. The van der Waals surface area contributed by atoms with Gasteiger partial charge in [-0.25, -0.2) is 0 Å². The van der Waals surface area contributed by atoms with Gasteiger partial charge in [0.15, 0.2) is 0 Å². The summed E-state index contributed by atoms with van der Waals surface area (Å²) in [5, 5.41) is 0. The van der Waals surface area contributed by atoms with Gasteiger partial charge in [-0.15, -0.1) is 5.70 Å². The first-order chi connectivity index (χ1) is 7.77. The molecule has 0 heterocycles. The van der Waals surface area contributed by atoms with E-state index in [0.717, 1.165) is 18.5 Å². The largest absolute Gasteiger partial charge is 0.601 e. The number of hydrogen-bond donors (Lipinski definition) is 1. The van der Waals surface area contributed by atoms with Crippen LogP contribution in [0.5, 0.6) is 0 Å². The molecule has 0 aromatic rings. The van der Waals surface area contributed by atoms with E-state index in [2.05, 4.69) is 61.2 Å². The number of allylic oxidation sites excluding steroid dienone is 8. The van der Waals surface area contributed by atoms with Gasteiger partial charge in [0.05, 0.1) is 0 Å². The molecular weight excluding hydrogens is 196 g/mol. The van der Waals surface area contributed by atoms with E-state index in [0.29, 0.717) is 11.8 Å². The van der Waals surface area contributed by atoms with Crippen molar-refractivity contribution in [3.63, 3.8) is 0 Å². The Hall–Kier alpha value is -1.44. The zero-order chi connectivity index (χ0) is 11.4. The van der Waals surface area contributed by atoms with E-state index < -0.39 is 0 Å². The second kappa shape index (κ2) is 5.06. The Labute approximate surface area is 97.8 Å². The Bertz CT molecular complexity index is 325. The van der Waals surface area contributed by atoms with E-state index in [1.54, 1.807) is 0 Å². The number of hydrogen-bond acceptors (Lipinski definition) is 1. The van der Waals surface area contributed by atoms with Gasteiger partial charge >= 0.3 is 0 Å². The van der Waals surface area contributed by atoms with E-state index in [1.165, 1.54) is 5.70 Å². The van der Waals surface area contributed by atoms with Crippen molar-refractivity contribution in [3.05, 3.63) is 53.3 Å². The SMILES string of the molecule is CC1CC=CC=C1[N-]NC1=CC=CCC1C. The molecule has 0 spiro atoms. The summed E-state index contributed by atoms with van der Waals surface area (Å²) in [4.78, 5) is 0. The van der Waals surface area contributed by atoms with Crippen molar-refractivity contribution in [1.82, 2.24) is 5.43 Å². The molecule has 0 fully saturated rings. The monoisotopic (exact) mass is 215 g/mol. The van der Waals surface area contributed by atoms with Crippen molar-refractivity contribution in [3.8, 4) is 0 Å². The molecule has 2 heteroatoms. The number of rotatable bonds is 3. The summed E-state index contributed by atoms with van der Waals surface area (Å²) in [5.74, 6) is 1.07. The van der Waals surface area contributed by atoms with Gasteiger partial charge in [-0.2, -0.15) is 0 Å². The van der Waals surface area contributed by atoms with Crippen molar-refractivity contribution in [2.45, 2.75) is 26.7 Å². The van der Waals surface area contributed by atoms with Crippen molar-refractivity contribution < 1.29 is 0 Å². The lowest BCUT2D eigenvalue weighted by Crippen LogP contribution is -2.18. The summed E-state index contributed by atoms with van der Waals surface area (Å²) in [6.45, 7) is 4.43. The molecule has 0 saturated heterocycles. The first kappa shape index (κ1) is 11.1. The van der Waals surface area contributed by atoms with Crippen LogP contribution in [0.15, 0.2) is 47.9 Å². The lowest BCUT2D eigenvalue weighted by molar-refractivity contribution is 0.623. The van der Waals surface area contributed by atoms with Crippen LogP contribution in [-0.2, 0) is 0 Å². The normalized spacial score (nSPS) is 28.4. The molecule has 2 nitrogen and oxygen atoms in total. The summed E-state index contributed by atoms with van der Waals surface area (Å²) in [5.41, 5.74) is 10.1. The zero-order valence-electron chi connectivity index (χ0n) is 9.98. The maximum atomic E-state index is 4.50. The van der Waals surface area contributed by atoms with Gasteiger partial charge in [0, 0.05) is 5.70 Å². The van der Waals surface area contributed by atoms with Gasteiger partial charge in [-0.3, -0.25) is 0 Å². The van der Waals surface area contributed by atoms with Gasteiger partial charge < -0.3 is 10.9 Å². The molecular formula is C14H19N2-. The first-order valence-corrected chi connectivity index (χ1v) is 5.97. The average molecular weight is 215 g/mol. The summed E-state index contributed by atoms with van der Waals surface area (Å²) in [6, 6.07) is 0. The molecule has 2 atom stereocenters. The van der Waals surface area contributed by atoms with Gasteiger partial charge in [-0.1, -0.05) is 44.2 Å². The molecule has 2 unspecified atom stereocenters. The Morgan fingerprint density at radius 3 is 2.44 bits per heavy atom.